The molecule has 0 aliphatic rings. The fourth-order valence-electron chi connectivity index (χ4n) is 1.42. The molecule has 0 bridgehead atoms. The fourth-order valence-corrected chi connectivity index (χ4v) is 2.06. The van der Waals surface area contributed by atoms with Gasteiger partial charge < -0.3 is 9.84 Å². The molecule has 0 radical (unpaired) electrons. The molecule has 0 fully saturated rings. The number of carbonyl (C=O) groups is 1. The van der Waals surface area contributed by atoms with E-state index in [-0.39, 0.29) is 11.4 Å². The Balaban J connectivity index is 2.81. The third kappa shape index (κ3) is 5.89. The molecular weight excluding hydrogens is 284 g/mol. The van der Waals surface area contributed by atoms with Crippen LogP contribution in [0.15, 0.2) is 18.2 Å². The van der Waals surface area contributed by atoms with Crippen LogP contribution in [0.4, 0.5) is 10.5 Å². The predicted molar refractivity (Wildman–Crippen MR) is 74.8 cm³/mol. The number of nitrogens with one attached hydrogen (secondary N) is 1. The molecule has 1 aromatic carbocycles. The zero-order valence-corrected chi connectivity index (χ0v) is 12.3. The second-order valence-electron chi connectivity index (χ2n) is 5.29. The Morgan fingerprint density at radius 2 is 2.00 bits per heavy atom. The van der Waals surface area contributed by atoms with Crippen molar-refractivity contribution < 1.29 is 23.1 Å². The molecule has 0 unspecified atom stereocenters. The summed E-state index contributed by atoms with van der Waals surface area (Å²) in [5.41, 5.74) is -0.218. The topological polar surface area (TPSA) is 119 Å². The Morgan fingerprint density at radius 3 is 2.45 bits per heavy atom. The minimum Gasteiger partial charge on any atom is -0.506 e. The Kier molecular flexibility index (Phi) is 4.61. The van der Waals surface area contributed by atoms with Gasteiger partial charge in [0.05, 0.1) is 11.4 Å². The number of phenolic OH excluding ortho intramolecular Hbond substituents is 1. The van der Waals surface area contributed by atoms with Crippen LogP contribution in [0.1, 0.15) is 26.3 Å². The number of nitrogens with two attached hydrogens (primary N) is 1. The zero-order valence-electron chi connectivity index (χ0n) is 11.5. The maximum Gasteiger partial charge on any atom is 0.412 e. The van der Waals surface area contributed by atoms with E-state index in [2.05, 4.69) is 5.32 Å². The summed E-state index contributed by atoms with van der Waals surface area (Å²) in [7, 11) is -3.68. The first-order valence-corrected chi connectivity index (χ1v) is 7.50. The highest BCUT2D eigenvalue weighted by atomic mass is 32.2. The van der Waals surface area contributed by atoms with Crippen molar-refractivity contribution in [1.82, 2.24) is 0 Å². The van der Waals surface area contributed by atoms with Crippen molar-refractivity contribution in [2.24, 2.45) is 5.14 Å². The fraction of sp³-hybridized carbons (Fsp3) is 0.417. The van der Waals surface area contributed by atoms with Crippen LogP contribution in [0.2, 0.25) is 0 Å². The van der Waals surface area contributed by atoms with Crippen molar-refractivity contribution in [3.63, 3.8) is 0 Å². The number of ether oxygens (including phenoxy) is 1. The second kappa shape index (κ2) is 5.68. The molecule has 0 saturated carbocycles. The van der Waals surface area contributed by atoms with Crippen LogP contribution in [0, 0.1) is 0 Å². The van der Waals surface area contributed by atoms with E-state index in [1.165, 1.54) is 18.2 Å². The van der Waals surface area contributed by atoms with E-state index in [0.717, 1.165) is 0 Å². The van der Waals surface area contributed by atoms with Gasteiger partial charge in [-0.2, -0.15) is 0 Å². The molecule has 0 atom stereocenters. The molecule has 0 aliphatic heterocycles. The first-order chi connectivity index (χ1) is 8.96. The molecule has 0 saturated heterocycles. The van der Waals surface area contributed by atoms with E-state index >= 15 is 0 Å². The molecule has 0 aromatic heterocycles. The van der Waals surface area contributed by atoms with E-state index in [1.54, 1.807) is 20.8 Å². The summed E-state index contributed by atoms with van der Waals surface area (Å²) in [6.07, 6.45) is -0.716. The van der Waals surface area contributed by atoms with E-state index in [4.69, 9.17) is 9.88 Å². The molecule has 4 N–H and O–H groups in total. The molecule has 1 amide bonds. The Bertz CT molecular complexity index is 605. The molecule has 1 rings (SSSR count). The van der Waals surface area contributed by atoms with Gasteiger partial charge in [-0.3, -0.25) is 5.32 Å². The highest BCUT2D eigenvalue weighted by Gasteiger charge is 2.17. The van der Waals surface area contributed by atoms with Crippen LogP contribution in [-0.2, 0) is 20.5 Å². The molecule has 0 spiro atoms. The van der Waals surface area contributed by atoms with Crippen molar-refractivity contribution >= 4 is 21.8 Å². The number of phenols is 1. The molecule has 7 nitrogen and oxygen atoms in total. The standard InChI is InChI=1S/C12H18N2O5S/c1-12(2,3)19-11(16)14-9-5-4-8(6-10(9)15)7-20(13,17)18/h4-6,15H,7H2,1-3H3,(H,14,16)(H2,13,17,18). The van der Waals surface area contributed by atoms with Crippen LogP contribution in [-0.4, -0.2) is 25.2 Å². The SMILES string of the molecule is CC(C)(C)OC(=O)Nc1ccc(CS(N)(=O)=O)cc1O. The van der Waals surface area contributed by atoms with Crippen molar-refractivity contribution in [2.45, 2.75) is 32.1 Å². The van der Waals surface area contributed by atoms with Crippen molar-refractivity contribution in [2.75, 3.05) is 5.32 Å². The van der Waals surface area contributed by atoms with Crippen molar-refractivity contribution in [1.29, 1.82) is 0 Å². The van der Waals surface area contributed by atoms with Gasteiger partial charge in [-0.05, 0) is 38.5 Å². The summed E-state index contributed by atoms with van der Waals surface area (Å²) in [4.78, 5) is 11.5. The summed E-state index contributed by atoms with van der Waals surface area (Å²) < 4.78 is 26.9. The number of hydrogen-bond donors (Lipinski definition) is 3. The number of primary sulfonamides is 1. The van der Waals surface area contributed by atoms with Crippen LogP contribution in [0.25, 0.3) is 0 Å². The number of rotatable bonds is 3. The molecule has 0 heterocycles. The lowest BCUT2D eigenvalue weighted by Gasteiger charge is -2.20. The highest BCUT2D eigenvalue weighted by Crippen LogP contribution is 2.25. The number of amides is 1. The lowest BCUT2D eigenvalue weighted by Crippen LogP contribution is -2.27. The van der Waals surface area contributed by atoms with Gasteiger partial charge in [0, 0.05) is 0 Å². The van der Waals surface area contributed by atoms with E-state index in [1.807, 2.05) is 0 Å². The Labute approximate surface area is 117 Å². The largest absolute Gasteiger partial charge is 0.506 e. The first kappa shape index (κ1) is 16.3. The quantitative estimate of drug-likeness (QED) is 0.731. The van der Waals surface area contributed by atoms with Gasteiger partial charge in [-0.25, -0.2) is 18.4 Å². The molecule has 1 aromatic rings. The average Bonchev–Trinajstić information content (AvgIpc) is 2.17. The monoisotopic (exact) mass is 302 g/mol. The maximum atomic E-state index is 11.5. The summed E-state index contributed by atoms with van der Waals surface area (Å²) in [5, 5.41) is 17.0. The van der Waals surface area contributed by atoms with Crippen molar-refractivity contribution in [3.05, 3.63) is 23.8 Å². The maximum absolute atomic E-state index is 11.5. The molecular formula is C12H18N2O5S. The van der Waals surface area contributed by atoms with Gasteiger partial charge in [-0.15, -0.1) is 0 Å². The minimum absolute atomic E-state index is 0.123. The van der Waals surface area contributed by atoms with Gasteiger partial charge in [0.1, 0.15) is 11.4 Å². The summed E-state index contributed by atoms with van der Waals surface area (Å²) in [6.45, 7) is 5.13. The summed E-state index contributed by atoms with van der Waals surface area (Å²) in [5.74, 6) is -0.662. The van der Waals surface area contributed by atoms with Gasteiger partial charge >= 0.3 is 6.09 Å². The minimum atomic E-state index is -3.68. The van der Waals surface area contributed by atoms with Crippen LogP contribution < -0.4 is 10.5 Å². The molecule has 8 heteroatoms. The van der Waals surface area contributed by atoms with E-state index in [9.17, 15) is 18.3 Å². The predicted octanol–water partition coefficient (Wildman–Crippen LogP) is 1.53. The summed E-state index contributed by atoms with van der Waals surface area (Å²) >= 11 is 0. The van der Waals surface area contributed by atoms with Gasteiger partial charge in [0.2, 0.25) is 10.0 Å². The first-order valence-electron chi connectivity index (χ1n) is 5.79. The second-order valence-corrected chi connectivity index (χ2v) is 6.90. The number of anilines is 1. The normalized spacial score (nSPS) is 12.0. The van der Waals surface area contributed by atoms with Crippen LogP contribution in [0.3, 0.4) is 0 Å². The van der Waals surface area contributed by atoms with Gasteiger partial charge in [0.15, 0.2) is 0 Å². The van der Waals surface area contributed by atoms with Crippen LogP contribution in [0.5, 0.6) is 5.75 Å². The lowest BCUT2D eigenvalue weighted by atomic mass is 10.2. The lowest BCUT2D eigenvalue weighted by molar-refractivity contribution is 0.0635. The van der Waals surface area contributed by atoms with Crippen molar-refractivity contribution in [3.8, 4) is 5.75 Å². The highest BCUT2D eigenvalue weighted by molar-refractivity contribution is 7.88. The number of benzene rings is 1. The third-order valence-electron chi connectivity index (χ3n) is 2.07. The number of carbonyl (C=O) groups excluding carboxylic acids is 1. The van der Waals surface area contributed by atoms with Crippen LogP contribution >= 0.6 is 0 Å². The number of sulfonamides is 1. The van der Waals surface area contributed by atoms with E-state index in [0.29, 0.717) is 5.56 Å². The smallest absolute Gasteiger partial charge is 0.412 e. The number of aromatic hydroxyl groups is 1. The Hall–Kier alpha value is -1.80. The molecule has 0 aliphatic carbocycles. The molecule has 20 heavy (non-hydrogen) atoms. The zero-order chi connectivity index (χ0) is 15.6. The third-order valence-corrected chi connectivity index (χ3v) is 2.80. The Morgan fingerprint density at radius 1 is 1.40 bits per heavy atom. The average molecular weight is 302 g/mol. The number of hydrogen-bond acceptors (Lipinski definition) is 5. The van der Waals surface area contributed by atoms with Gasteiger partial charge in [-0.1, -0.05) is 6.07 Å². The summed E-state index contributed by atoms with van der Waals surface area (Å²) in [6, 6.07) is 4.04. The van der Waals surface area contributed by atoms with E-state index < -0.39 is 27.5 Å². The van der Waals surface area contributed by atoms with Gasteiger partial charge in [0.25, 0.3) is 0 Å². The molecule has 112 valence electrons.